The molecule has 1 unspecified atom stereocenters. The van der Waals surface area contributed by atoms with Crippen LogP contribution >= 0.6 is 0 Å². The molecule has 0 radical (unpaired) electrons. The Morgan fingerprint density at radius 2 is 1.66 bits per heavy atom. The highest BCUT2D eigenvalue weighted by atomic mass is 16.1. The first kappa shape index (κ1) is 17.4. The van der Waals surface area contributed by atoms with Crippen LogP contribution in [0.2, 0.25) is 0 Å². The summed E-state index contributed by atoms with van der Waals surface area (Å²) >= 11 is 0. The van der Waals surface area contributed by atoms with Crippen LogP contribution in [0, 0.1) is 0 Å². The van der Waals surface area contributed by atoms with Gasteiger partial charge >= 0.3 is 0 Å². The van der Waals surface area contributed by atoms with Gasteiger partial charge in [0.2, 0.25) is 0 Å². The van der Waals surface area contributed by atoms with Gasteiger partial charge in [0, 0.05) is 23.2 Å². The van der Waals surface area contributed by atoms with E-state index in [0.29, 0.717) is 5.39 Å². The normalized spacial score (nSPS) is 15.6. The number of fused-ring (bicyclic) bond motifs is 2. The van der Waals surface area contributed by atoms with Crippen molar-refractivity contribution < 1.29 is 0 Å². The number of para-hydroxylation sites is 1. The SMILES string of the molecule is NN(c1ccc(-c2n[nH]c(=O)c3ccccc23)cc1)C1NCc2ccccc2N1. The van der Waals surface area contributed by atoms with Gasteiger partial charge in [-0.3, -0.25) is 15.1 Å². The first-order valence-corrected chi connectivity index (χ1v) is 9.40. The van der Waals surface area contributed by atoms with Crippen molar-refractivity contribution in [3.8, 4) is 11.3 Å². The fourth-order valence-corrected chi connectivity index (χ4v) is 3.66. The summed E-state index contributed by atoms with van der Waals surface area (Å²) in [6, 6.07) is 23.4. The van der Waals surface area contributed by atoms with E-state index in [0.717, 1.165) is 34.6 Å². The number of hydrazine groups is 1. The van der Waals surface area contributed by atoms with Crippen LogP contribution in [0.15, 0.2) is 77.6 Å². The largest absolute Gasteiger partial charge is 0.352 e. The quantitative estimate of drug-likeness (QED) is 0.320. The molecule has 1 atom stereocenters. The molecule has 0 fully saturated rings. The van der Waals surface area contributed by atoms with Gasteiger partial charge in [-0.05, 0) is 29.8 Å². The molecular weight excluding hydrogens is 364 g/mol. The second kappa shape index (κ2) is 7.05. The van der Waals surface area contributed by atoms with E-state index in [9.17, 15) is 4.79 Å². The van der Waals surface area contributed by atoms with Gasteiger partial charge in [0.15, 0.2) is 6.29 Å². The maximum Gasteiger partial charge on any atom is 0.272 e. The summed E-state index contributed by atoms with van der Waals surface area (Å²) in [5.41, 5.74) is 4.59. The molecule has 7 heteroatoms. The highest BCUT2D eigenvalue weighted by Crippen LogP contribution is 2.27. The van der Waals surface area contributed by atoms with Crippen molar-refractivity contribution in [1.82, 2.24) is 15.5 Å². The van der Waals surface area contributed by atoms with Crippen molar-refractivity contribution in [3.05, 3.63) is 88.7 Å². The molecular formula is C22H20N6O. The predicted octanol–water partition coefficient (Wildman–Crippen LogP) is 2.77. The van der Waals surface area contributed by atoms with Gasteiger partial charge in [0.05, 0.1) is 16.8 Å². The van der Waals surface area contributed by atoms with Gasteiger partial charge in [-0.25, -0.2) is 10.9 Å². The van der Waals surface area contributed by atoms with E-state index in [4.69, 9.17) is 5.84 Å². The van der Waals surface area contributed by atoms with Crippen molar-refractivity contribution in [3.63, 3.8) is 0 Å². The monoisotopic (exact) mass is 384 g/mol. The van der Waals surface area contributed by atoms with Crippen molar-refractivity contribution in [2.24, 2.45) is 5.84 Å². The Balaban J connectivity index is 1.43. The Morgan fingerprint density at radius 1 is 0.931 bits per heavy atom. The molecule has 0 bridgehead atoms. The number of H-pyrrole nitrogens is 1. The Labute approximate surface area is 167 Å². The van der Waals surface area contributed by atoms with E-state index in [2.05, 4.69) is 26.9 Å². The molecule has 0 spiro atoms. The van der Waals surface area contributed by atoms with Crippen LogP contribution in [0.4, 0.5) is 11.4 Å². The number of rotatable bonds is 3. The summed E-state index contributed by atoms with van der Waals surface area (Å²) in [4.78, 5) is 12.0. The molecule has 144 valence electrons. The topological polar surface area (TPSA) is 99.1 Å². The Bertz CT molecular complexity index is 1230. The zero-order chi connectivity index (χ0) is 19.8. The summed E-state index contributed by atoms with van der Waals surface area (Å²) in [6.45, 7) is 0.743. The number of aromatic amines is 1. The summed E-state index contributed by atoms with van der Waals surface area (Å²) in [6.07, 6.45) is -0.220. The number of nitrogens with one attached hydrogen (secondary N) is 3. The lowest BCUT2D eigenvalue weighted by Crippen LogP contribution is -2.56. The summed E-state index contributed by atoms with van der Waals surface area (Å²) in [5.74, 6) is 6.37. The lowest BCUT2D eigenvalue weighted by atomic mass is 10.0. The van der Waals surface area contributed by atoms with Crippen molar-refractivity contribution >= 4 is 22.1 Å². The number of anilines is 2. The lowest BCUT2D eigenvalue weighted by molar-refractivity contribution is 0.517. The van der Waals surface area contributed by atoms with Crippen LogP contribution in [0.1, 0.15) is 5.56 Å². The second-order valence-electron chi connectivity index (χ2n) is 6.99. The van der Waals surface area contributed by atoms with E-state index in [1.807, 2.05) is 60.7 Å². The minimum atomic E-state index is -0.220. The second-order valence-corrected chi connectivity index (χ2v) is 6.99. The lowest BCUT2D eigenvalue weighted by Gasteiger charge is -2.35. The van der Waals surface area contributed by atoms with Crippen LogP contribution in [0.5, 0.6) is 0 Å². The van der Waals surface area contributed by atoms with Crippen LogP contribution in [0.25, 0.3) is 22.0 Å². The molecule has 5 rings (SSSR count). The van der Waals surface area contributed by atoms with E-state index in [1.54, 1.807) is 11.1 Å². The molecule has 3 aromatic carbocycles. The van der Waals surface area contributed by atoms with Gasteiger partial charge in [-0.1, -0.05) is 48.5 Å². The zero-order valence-electron chi connectivity index (χ0n) is 15.6. The van der Waals surface area contributed by atoms with Gasteiger partial charge in [0.1, 0.15) is 0 Å². The molecule has 2 heterocycles. The predicted molar refractivity (Wildman–Crippen MR) is 115 cm³/mol. The van der Waals surface area contributed by atoms with E-state index < -0.39 is 0 Å². The van der Waals surface area contributed by atoms with Gasteiger partial charge in [-0.2, -0.15) is 5.10 Å². The molecule has 5 N–H and O–H groups in total. The highest BCUT2D eigenvalue weighted by molar-refractivity contribution is 5.93. The summed E-state index contributed by atoms with van der Waals surface area (Å²) in [7, 11) is 0. The van der Waals surface area contributed by atoms with Gasteiger partial charge < -0.3 is 5.32 Å². The fraction of sp³-hybridized carbons (Fsp3) is 0.0909. The molecule has 4 aromatic rings. The van der Waals surface area contributed by atoms with Crippen LogP contribution in [0.3, 0.4) is 0 Å². The minimum absolute atomic E-state index is 0.191. The van der Waals surface area contributed by atoms with Crippen molar-refractivity contribution in [1.29, 1.82) is 0 Å². The molecule has 1 aliphatic rings. The third-order valence-electron chi connectivity index (χ3n) is 5.21. The molecule has 0 saturated heterocycles. The van der Waals surface area contributed by atoms with E-state index in [-0.39, 0.29) is 11.8 Å². The molecule has 0 amide bonds. The van der Waals surface area contributed by atoms with E-state index >= 15 is 0 Å². The van der Waals surface area contributed by atoms with Crippen molar-refractivity contribution in [2.45, 2.75) is 12.8 Å². The average molecular weight is 384 g/mol. The van der Waals surface area contributed by atoms with Gasteiger partial charge in [0.25, 0.3) is 5.56 Å². The zero-order valence-corrected chi connectivity index (χ0v) is 15.6. The molecule has 0 aliphatic carbocycles. The number of nitrogens with zero attached hydrogens (tertiary/aromatic N) is 2. The fourth-order valence-electron chi connectivity index (χ4n) is 3.66. The first-order chi connectivity index (χ1) is 14.2. The standard InChI is InChI=1S/C22H20N6O/c23-28(22-24-13-15-5-1-4-8-19(15)25-22)16-11-9-14(10-12-16)20-17-6-2-3-7-18(17)21(29)27-26-20/h1-12,22,24-25H,13,23H2,(H,27,29). The van der Waals surface area contributed by atoms with Crippen molar-refractivity contribution in [2.75, 3.05) is 10.3 Å². The first-order valence-electron chi connectivity index (χ1n) is 9.40. The number of hydrogen-bond donors (Lipinski definition) is 4. The third-order valence-corrected chi connectivity index (χ3v) is 5.21. The minimum Gasteiger partial charge on any atom is -0.352 e. The van der Waals surface area contributed by atoms with Crippen LogP contribution < -0.4 is 27.0 Å². The Kier molecular flexibility index (Phi) is 4.23. The number of aromatic nitrogens is 2. The molecule has 29 heavy (non-hydrogen) atoms. The number of nitrogens with two attached hydrogens (primary N) is 1. The molecule has 1 aromatic heterocycles. The molecule has 7 nitrogen and oxygen atoms in total. The number of hydrogen-bond acceptors (Lipinski definition) is 6. The molecule has 0 saturated carbocycles. The van der Waals surface area contributed by atoms with Crippen LogP contribution in [-0.2, 0) is 6.54 Å². The van der Waals surface area contributed by atoms with Crippen LogP contribution in [-0.4, -0.2) is 16.5 Å². The summed E-state index contributed by atoms with van der Waals surface area (Å²) in [5, 5.41) is 16.7. The number of benzene rings is 3. The Hall–Kier alpha value is -3.68. The molecule has 1 aliphatic heterocycles. The third kappa shape index (κ3) is 3.12. The average Bonchev–Trinajstić information content (AvgIpc) is 2.79. The maximum atomic E-state index is 12.0. The maximum absolute atomic E-state index is 12.0. The smallest absolute Gasteiger partial charge is 0.272 e. The highest BCUT2D eigenvalue weighted by Gasteiger charge is 2.21. The van der Waals surface area contributed by atoms with Gasteiger partial charge in [-0.15, -0.1) is 0 Å². The van der Waals surface area contributed by atoms with E-state index in [1.165, 1.54) is 5.56 Å². The Morgan fingerprint density at radius 3 is 2.48 bits per heavy atom. The summed E-state index contributed by atoms with van der Waals surface area (Å²) < 4.78 is 0.